The number of anilines is 2. The fourth-order valence-electron chi connectivity index (χ4n) is 3.64. The number of primary amides is 1. The topological polar surface area (TPSA) is 107 Å². The molecule has 4 aromatic rings. The van der Waals surface area contributed by atoms with Crippen LogP contribution in [0.15, 0.2) is 60.9 Å². The number of carbonyl (C=O) groups is 1. The Morgan fingerprint density at radius 3 is 2.68 bits per heavy atom. The molecule has 0 saturated heterocycles. The lowest BCUT2D eigenvalue weighted by Crippen LogP contribution is -2.19. The van der Waals surface area contributed by atoms with Crippen molar-refractivity contribution in [1.82, 2.24) is 14.5 Å². The number of hydrogen-bond acceptors (Lipinski definition) is 5. The third-order valence-electron chi connectivity index (χ3n) is 5.09. The smallest absolute Gasteiger partial charge is 0.316 e. The zero-order chi connectivity index (χ0) is 21.8. The Balaban J connectivity index is 1.45. The third-order valence-corrected chi connectivity index (χ3v) is 5.09. The molecule has 0 aliphatic heterocycles. The van der Waals surface area contributed by atoms with Crippen molar-refractivity contribution in [3.05, 3.63) is 66.6 Å². The second kappa shape index (κ2) is 8.74. The van der Waals surface area contributed by atoms with Gasteiger partial charge in [-0.15, -0.1) is 0 Å². The molecule has 4 N–H and O–H groups in total. The Kier molecular flexibility index (Phi) is 5.70. The zero-order valence-corrected chi connectivity index (χ0v) is 17.4. The SMILES string of the molecule is COc1cccc2c1cc(C)n2CCNc1cc(-c2ccc(NC(N)=O)cc2)ncn1. The van der Waals surface area contributed by atoms with Crippen molar-refractivity contribution in [3.63, 3.8) is 0 Å². The van der Waals surface area contributed by atoms with Crippen LogP contribution in [0.5, 0.6) is 5.75 Å². The molecular weight excluding hydrogens is 392 g/mol. The molecule has 2 aromatic heterocycles. The summed E-state index contributed by atoms with van der Waals surface area (Å²) in [4.78, 5) is 19.6. The first-order chi connectivity index (χ1) is 15.0. The summed E-state index contributed by atoms with van der Waals surface area (Å²) in [5, 5.41) is 7.03. The molecule has 2 heterocycles. The van der Waals surface area contributed by atoms with Gasteiger partial charge in [-0.25, -0.2) is 14.8 Å². The highest BCUT2D eigenvalue weighted by Gasteiger charge is 2.09. The summed E-state index contributed by atoms with van der Waals surface area (Å²) >= 11 is 0. The van der Waals surface area contributed by atoms with Gasteiger partial charge < -0.3 is 25.7 Å². The number of urea groups is 1. The monoisotopic (exact) mass is 416 g/mol. The highest BCUT2D eigenvalue weighted by Crippen LogP contribution is 2.28. The highest BCUT2D eigenvalue weighted by atomic mass is 16.5. The molecule has 0 aliphatic rings. The molecule has 4 rings (SSSR count). The summed E-state index contributed by atoms with van der Waals surface area (Å²) in [6.07, 6.45) is 1.54. The van der Waals surface area contributed by atoms with Gasteiger partial charge in [0.1, 0.15) is 17.9 Å². The molecule has 31 heavy (non-hydrogen) atoms. The van der Waals surface area contributed by atoms with Crippen molar-refractivity contribution in [1.29, 1.82) is 0 Å². The fraction of sp³-hybridized carbons (Fsp3) is 0.174. The van der Waals surface area contributed by atoms with E-state index >= 15 is 0 Å². The summed E-state index contributed by atoms with van der Waals surface area (Å²) in [7, 11) is 1.69. The quantitative estimate of drug-likeness (QED) is 0.422. The first-order valence-corrected chi connectivity index (χ1v) is 9.91. The van der Waals surface area contributed by atoms with Crippen LogP contribution in [0.25, 0.3) is 22.2 Å². The van der Waals surface area contributed by atoms with Crippen LogP contribution in [0.3, 0.4) is 0 Å². The molecule has 0 atom stereocenters. The van der Waals surface area contributed by atoms with E-state index in [2.05, 4.69) is 44.2 Å². The van der Waals surface area contributed by atoms with Gasteiger partial charge in [-0.05, 0) is 37.3 Å². The lowest BCUT2D eigenvalue weighted by atomic mass is 10.1. The maximum atomic E-state index is 11.0. The summed E-state index contributed by atoms with van der Waals surface area (Å²) in [6, 6.07) is 16.9. The normalized spacial score (nSPS) is 10.8. The van der Waals surface area contributed by atoms with Crippen molar-refractivity contribution in [2.24, 2.45) is 5.73 Å². The van der Waals surface area contributed by atoms with Crippen LogP contribution in [0.4, 0.5) is 16.3 Å². The van der Waals surface area contributed by atoms with E-state index in [4.69, 9.17) is 10.5 Å². The summed E-state index contributed by atoms with van der Waals surface area (Å²) in [6.45, 7) is 3.59. The molecular formula is C23H24N6O2. The van der Waals surface area contributed by atoms with Crippen molar-refractivity contribution in [3.8, 4) is 17.0 Å². The van der Waals surface area contributed by atoms with Crippen molar-refractivity contribution >= 4 is 28.4 Å². The van der Waals surface area contributed by atoms with Crippen LogP contribution in [0.2, 0.25) is 0 Å². The number of carbonyl (C=O) groups excluding carboxylic acids is 1. The summed E-state index contributed by atoms with van der Waals surface area (Å²) in [5.41, 5.74) is 9.80. The molecule has 0 saturated carbocycles. The number of hydrogen-bond donors (Lipinski definition) is 3. The van der Waals surface area contributed by atoms with Gasteiger partial charge in [0.25, 0.3) is 0 Å². The minimum absolute atomic E-state index is 0.592. The van der Waals surface area contributed by atoms with E-state index in [0.29, 0.717) is 12.2 Å². The molecule has 0 aliphatic carbocycles. The van der Waals surface area contributed by atoms with E-state index < -0.39 is 6.03 Å². The number of nitrogens with two attached hydrogens (primary N) is 1. The van der Waals surface area contributed by atoms with Crippen LogP contribution in [-0.4, -0.2) is 34.2 Å². The number of fused-ring (bicyclic) bond motifs is 1. The van der Waals surface area contributed by atoms with Gasteiger partial charge in [0.15, 0.2) is 0 Å². The number of aromatic nitrogens is 3. The number of rotatable bonds is 7. The van der Waals surface area contributed by atoms with Crippen LogP contribution < -0.4 is 21.1 Å². The Bertz CT molecular complexity index is 1220. The van der Waals surface area contributed by atoms with E-state index in [-0.39, 0.29) is 0 Å². The van der Waals surface area contributed by atoms with Gasteiger partial charge in [-0.3, -0.25) is 0 Å². The predicted octanol–water partition coefficient (Wildman–Crippen LogP) is 4.02. The van der Waals surface area contributed by atoms with Gasteiger partial charge in [0, 0.05) is 41.5 Å². The van der Waals surface area contributed by atoms with Gasteiger partial charge >= 0.3 is 6.03 Å². The molecule has 8 nitrogen and oxygen atoms in total. The van der Waals surface area contributed by atoms with Gasteiger partial charge in [0.05, 0.1) is 18.3 Å². The molecule has 0 bridgehead atoms. The number of methoxy groups -OCH3 is 1. The molecule has 0 unspecified atom stereocenters. The first-order valence-electron chi connectivity index (χ1n) is 9.91. The van der Waals surface area contributed by atoms with Gasteiger partial charge in [-0.2, -0.15) is 0 Å². The van der Waals surface area contributed by atoms with E-state index in [1.54, 1.807) is 19.2 Å². The number of amides is 2. The Morgan fingerprint density at radius 1 is 1.13 bits per heavy atom. The second-order valence-electron chi connectivity index (χ2n) is 7.11. The van der Waals surface area contributed by atoms with Crippen LogP contribution >= 0.6 is 0 Å². The lowest BCUT2D eigenvalue weighted by Gasteiger charge is -2.11. The molecule has 2 amide bonds. The minimum Gasteiger partial charge on any atom is -0.496 e. The molecule has 158 valence electrons. The molecule has 2 aromatic carbocycles. The van der Waals surface area contributed by atoms with E-state index in [1.165, 1.54) is 12.0 Å². The number of aryl methyl sites for hydroxylation is 1. The maximum absolute atomic E-state index is 11.0. The molecule has 0 fully saturated rings. The van der Waals surface area contributed by atoms with Crippen molar-refractivity contribution in [2.75, 3.05) is 24.3 Å². The minimum atomic E-state index is -0.592. The Labute approximate surface area is 180 Å². The standard InChI is InChI=1S/C23H24N6O2/c1-15-12-18-20(4-3-5-21(18)31-2)29(15)11-10-25-22-13-19(26-14-27-22)16-6-8-17(9-7-16)28-23(24)30/h3-9,12-14H,10-11H2,1-2H3,(H3,24,28,30)(H,25,26,27). The fourth-order valence-corrected chi connectivity index (χ4v) is 3.64. The van der Waals surface area contributed by atoms with Gasteiger partial charge in [0.2, 0.25) is 0 Å². The average Bonchev–Trinajstić information content (AvgIpc) is 3.09. The van der Waals surface area contributed by atoms with E-state index in [0.717, 1.165) is 40.3 Å². The van der Waals surface area contributed by atoms with E-state index in [1.807, 2.05) is 30.3 Å². The van der Waals surface area contributed by atoms with Gasteiger partial charge in [-0.1, -0.05) is 18.2 Å². The summed E-state index contributed by atoms with van der Waals surface area (Å²) in [5.74, 6) is 1.63. The van der Waals surface area contributed by atoms with Crippen LogP contribution in [-0.2, 0) is 6.54 Å². The number of nitrogens with zero attached hydrogens (tertiary/aromatic N) is 3. The molecule has 0 spiro atoms. The van der Waals surface area contributed by atoms with E-state index in [9.17, 15) is 4.79 Å². The number of nitrogens with one attached hydrogen (secondary N) is 2. The highest BCUT2D eigenvalue weighted by molar-refractivity contribution is 5.88. The Morgan fingerprint density at radius 2 is 1.94 bits per heavy atom. The van der Waals surface area contributed by atoms with Crippen molar-refractivity contribution < 1.29 is 9.53 Å². The molecule has 0 radical (unpaired) electrons. The number of benzene rings is 2. The summed E-state index contributed by atoms with van der Waals surface area (Å²) < 4.78 is 7.74. The predicted molar refractivity (Wildman–Crippen MR) is 122 cm³/mol. The number of ether oxygens (including phenoxy) is 1. The van der Waals surface area contributed by atoms with Crippen LogP contribution in [0.1, 0.15) is 5.69 Å². The largest absolute Gasteiger partial charge is 0.496 e. The molecule has 8 heteroatoms. The van der Waals surface area contributed by atoms with Crippen LogP contribution in [0, 0.1) is 6.92 Å². The zero-order valence-electron chi connectivity index (χ0n) is 17.4. The third kappa shape index (κ3) is 4.42. The average molecular weight is 416 g/mol. The maximum Gasteiger partial charge on any atom is 0.316 e. The second-order valence-corrected chi connectivity index (χ2v) is 7.11. The first kappa shape index (κ1) is 20.2. The Hall–Kier alpha value is -4.07. The van der Waals surface area contributed by atoms with Crippen molar-refractivity contribution in [2.45, 2.75) is 13.5 Å². The lowest BCUT2D eigenvalue weighted by molar-refractivity contribution is 0.259.